The van der Waals surface area contributed by atoms with Gasteiger partial charge in [-0.1, -0.05) is 12.2 Å². The van der Waals surface area contributed by atoms with Gasteiger partial charge in [0, 0.05) is 31.2 Å². The van der Waals surface area contributed by atoms with Crippen molar-refractivity contribution in [2.75, 3.05) is 6.54 Å². The Hall–Kier alpha value is -1.39. The molecule has 0 aromatic rings. The standard InChI is InChI=1S/C19H27N3O/c1-4-6-16-15-10-19(9-5-2)18-14(11-20-13(3)23)7-8-17(22(16)18)21(19)12-15/h4-5,11,15-18H,1-2,6-10,12H2,3H3,(H,20,23). The van der Waals surface area contributed by atoms with Crippen LogP contribution in [0, 0.1) is 5.92 Å². The Labute approximate surface area is 138 Å². The van der Waals surface area contributed by atoms with E-state index in [2.05, 4.69) is 40.4 Å². The molecule has 0 aromatic heterocycles. The van der Waals surface area contributed by atoms with E-state index in [1.54, 1.807) is 6.92 Å². The largest absolute Gasteiger partial charge is 0.333 e. The Kier molecular flexibility index (Phi) is 3.50. The van der Waals surface area contributed by atoms with Crippen LogP contribution in [-0.2, 0) is 4.79 Å². The molecule has 0 aliphatic carbocycles. The van der Waals surface area contributed by atoms with Gasteiger partial charge in [0.1, 0.15) is 0 Å². The zero-order chi connectivity index (χ0) is 16.2. The van der Waals surface area contributed by atoms with Gasteiger partial charge in [-0.25, -0.2) is 0 Å². The SMILES string of the molecule is C=CCC1C2CN3C4CCC(=CNC(C)=O)C(N14)C3(CC=C)C2. The molecule has 1 N–H and O–H groups in total. The Morgan fingerprint density at radius 2 is 2.26 bits per heavy atom. The van der Waals surface area contributed by atoms with Crippen LogP contribution < -0.4 is 5.32 Å². The average Bonchev–Trinajstić information content (AvgIpc) is 2.88. The monoisotopic (exact) mass is 313 g/mol. The van der Waals surface area contributed by atoms with Crippen molar-refractivity contribution in [3.8, 4) is 0 Å². The number of piperidine rings is 2. The normalized spacial score (nSPS) is 47.8. The van der Waals surface area contributed by atoms with Gasteiger partial charge >= 0.3 is 0 Å². The molecule has 0 aromatic carbocycles. The third-order valence-electron chi connectivity index (χ3n) is 6.47. The molecule has 0 spiro atoms. The van der Waals surface area contributed by atoms with Gasteiger partial charge in [-0.05, 0) is 43.6 Å². The Morgan fingerprint density at radius 3 is 2.96 bits per heavy atom. The van der Waals surface area contributed by atoms with Crippen LogP contribution >= 0.6 is 0 Å². The lowest BCUT2D eigenvalue weighted by Crippen LogP contribution is -2.60. The van der Waals surface area contributed by atoms with Crippen molar-refractivity contribution in [2.24, 2.45) is 5.92 Å². The summed E-state index contributed by atoms with van der Waals surface area (Å²) in [7, 11) is 0. The molecular weight excluding hydrogens is 286 g/mol. The van der Waals surface area contributed by atoms with E-state index in [9.17, 15) is 4.79 Å². The fourth-order valence-electron chi connectivity index (χ4n) is 5.95. The average molecular weight is 313 g/mol. The maximum Gasteiger partial charge on any atom is 0.220 e. The van der Waals surface area contributed by atoms with Crippen LogP contribution in [0.1, 0.15) is 39.0 Å². The smallest absolute Gasteiger partial charge is 0.220 e. The summed E-state index contributed by atoms with van der Waals surface area (Å²) in [5.74, 6) is 0.767. The predicted molar refractivity (Wildman–Crippen MR) is 91.5 cm³/mol. The molecule has 5 fully saturated rings. The second-order valence-corrected chi connectivity index (χ2v) is 7.59. The highest BCUT2D eigenvalue weighted by molar-refractivity contribution is 5.74. The number of hydrogen-bond donors (Lipinski definition) is 1. The third kappa shape index (κ3) is 1.94. The zero-order valence-corrected chi connectivity index (χ0v) is 14.0. The summed E-state index contributed by atoms with van der Waals surface area (Å²) in [5, 5.41) is 2.93. The van der Waals surface area contributed by atoms with E-state index in [1.165, 1.54) is 25.0 Å². The van der Waals surface area contributed by atoms with Crippen LogP contribution in [0.5, 0.6) is 0 Å². The number of rotatable bonds is 5. The number of hydrogen-bond acceptors (Lipinski definition) is 3. The number of carbonyl (C=O) groups excluding carboxylic acids is 1. The minimum Gasteiger partial charge on any atom is -0.333 e. The third-order valence-corrected chi connectivity index (χ3v) is 6.47. The van der Waals surface area contributed by atoms with Gasteiger partial charge < -0.3 is 5.32 Å². The van der Waals surface area contributed by atoms with Crippen molar-refractivity contribution in [3.63, 3.8) is 0 Å². The van der Waals surface area contributed by atoms with Crippen molar-refractivity contribution in [3.05, 3.63) is 37.1 Å². The lowest BCUT2D eigenvalue weighted by molar-refractivity contribution is -0.118. The van der Waals surface area contributed by atoms with E-state index in [-0.39, 0.29) is 11.4 Å². The number of nitrogens with zero attached hydrogens (tertiary/aromatic N) is 2. The van der Waals surface area contributed by atoms with Crippen molar-refractivity contribution < 1.29 is 4.79 Å². The van der Waals surface area contributed by atoms with Crippen LogP contribution in [-0.4, -0.2) is 46.0 Å². The van der Waals surface area contributed by atoms with Gasteiger partial charge in [-0.3, -0.25) is 14.6 Å². The topological polar surface area (TPSA) is 35.6 Å². The number of carbonyl (C=O) groups is 1. The van der Waals surface area contributed by atoms with E-state index >= 15 is 0 Å². The maximum absolute atomic E-state index is 11.4. The van der Waals surface area contributed by atoms with E-state index in [0.717, 1.165) is 25.2 Å². The summed E-state index contributed by atoms with van der Waals surface area (Å²) in [6.45, 7) is 10.8. The molecule has 6 bridgehead atoms. The highest BCUT2D eigenvalue weighted by Gasteiger charge is 2.69. The summed E-state index contributed by atoms with van der Waals surface area (Å²) in [6, 6.07) is 1.04. The molecule has 124 valence electrons. The van der Waals surface area contributed by atoms with Gasteiger partial charge in [0.05, 0.1) is 12.2 Å². The summed E-state index contributed by atoms with van der Waals surface area (Å²) < 4.78 is 0. The van der Waals surface area contributed by atoms with E-state index in [4.69, 9.17) is 0 Å². The Bertz CT molecular complexity index is 583. The lowest BCUT2D eigenvalue weighted by Gasteiger charge is -2.51. The van der Waals surface area contributed by atoms with E-state index in [1.807, 2.05) is 6.20 Å². The number of amides is 1. The minimum atomic E-state index is 0.0165. The molecule has 0 radical (unpaired) electrons. The van der Waals surface area contributed by atoms with Crippen LogP contribution in [0.3, 0.4) is 0 Å². The summed E-state index contributed by atoms with van der Waals surface area (Å²) in [6.07, 6.45) is 12.4. The first kappa shape index (κ1) is 15.2. The molecule has 0 saturated carbocycles. The molecule has 5 aliphatic rings. The van der Waals surface area contributed by atoms with Crippen LogP contribution in [0.4, 0.5) is 0 Å². The first-order valence-electron chi connectivity index (χ1n) is 8.84. The second-order valence-electron chi connectivity index (χ2n) is 7.59. The van der Waals surface area contributed by atoms with Crippen LogP contribution in [0.15, 0.2) is 37.1 Å². The fraction of sp³-hybridized carbons (Fsp3) is 0.632. The van der Waals surface area contributed by atoms with Crippen molar-refractivity contribution >= 4 is 5.91 Å². The minimum absolute atomic E-state index is 0.0165. The Balaban J connectivity index is 1.75. The maximum atomic E-state index is 11.4. The fourth-order valence-corrected chi connectivity index (χ4v) is 5.95. The van der Waals surface area contributed by atoms with Gasteiger partial charge in [-0.15, -0.1) is 13.2 Å². The van der Waals surface area contributed by atoms with Crippen molar-refractivity contribution in [2.45, 2.75) is 62.8 Å². The quantitative estimate of drug-likeness (QED) is 0.792. The lowest BCUT2D eigenvalue weighted by atomic mass is 9.71. The first-order valence-corrected chi connectivity index (χ1v) is 8.84. The zero-order valence-electron chi connectivity index (χ0n) is 14.0. The molecule has 7 atom stereocenters. The molecule has 5 rings (SSSR count). The van der Waals surface area contributed by atoms with E-state index < -0.39 is 0 Å². The molecular formula is C19H27N3O. The second kappa shape index (κ2) is 5.32. The molecule has 5 aliphatic heterocycles. The van der Waals surface area contributed by atoms with Crippen LogP contribution in [0.25, 0.3) is 0 Å². The molecule has 4 nitrogen and oxygen atoms in total. The molecule has 23 heavy (non-hydrogen) atoms. The molecule has 7 unspecified atom stereocenters. The van der Waals surface area contributed by atoms with Gasteiger partial charge in [0.15, 0.2) is 0 Å². The van der Waals surface area contributed by atoms with Gasteiger partial charge in [-0.2, -0.15) is 0 Å². The Morgan fingerprint density at radius 1 is 1.43 bits per heavy atom. The highest BCUT2D eigenvalue weighted by atomic mass is 16.1. The summed E-state index contributed by atoms with van der Waals surface area (Å²) >= 11 is 0. The van der Waals surface area contributed by atoms with Crippen LogP contribution in [0.2, 0.25) is 0 Å². The van der Waals surface area contributed by atoms with Crippen molar-refractivity contribution in [1.82, 2.24) is 15.1 Å². The van der Waals surface area contributed by atoms with Crippen molar-refractivity contribution in [1.29, 1.82) is 0 Å². The highest BCUT2D eigenvalue weighted by Crippen LogP contribution is 2.60. The van der Waals surface area contributed by atoms with Gasteiger partial charge in [0.2, 0.25) is 5.91 Å². The molecule has 5 heterocycles. The summed E-state index contributed by atoms with van der Waals surface area (Å²) in [5.41, 5.74) is 1.60. The summed E-state index contributed by atoms with van der Waals surface area (Å²) in [4.78, 5) is 16.9. The molecule has 4 heteroatoms. The van der Waals surface area contributed by atoms with E-state index in [0.29, 0.717) is 18.2 Å². The predicted octanol–water partition coefficient (Wildman–Crippen LogP) is 2.41. The first-order chi connectivity index (χ1) is 11.1. The molecule has 1 amide bonds. The van der Waals surface area contributed by atoms with Gasteiger partial charge in [0.25, 0.3) is 0 Å². The molecule has 5 saturated heterocycles. The number of nitrogens with one attached hydrogen (secondary N) is 1.